The molecule has 0 aromatic carbocycles. The zero-order valence-electron chi connectivity index (χ0n) is 9.25. The number of unbranched alkanes of at least 4 members (excludes halogenated alkanes) is 1. The highest BCUT2D eigenvalue weighted by Gasteiger charge is 2.13. The first kappa shape index (κ1) is 11.6. The zero-order chi connectivity index (χ0) is 12.1. The maximum atomic E-state index is 13.5. The van der Waals surface area contributed by atoms with Crippen molar-refractivity contribution in [3.8, 4) is 11.5 Å². The number of nitrogens with zero attached hydrogens (tertiary/aromatic N) is 5. The van der Waals surface area contributed by atoms with E-state index in [0.29, 0.717) is 18.9 Å². The van der Waals surface area contributed by atoms with E-state index >= 15 is 0 Å². The van der Waals surface area contributed by atoms with Gasteiger partial charge in [-0.1, -0.05) is 0 Å². The van der Waals surface area contributed by atoms with Gasteiger partial charge in [0, 0.05) is 12.7 Å². The monoisotopic (exact) mass is 236 g/mol. The van der Waals surface area contributed by atoms with Crippen molar-refractivity contribution in [3.63, 3.8) is 0 Å². The summed E-state index contributed by atoms with van der Waals surface area (Å²) in [5.74, 6) is -0.0810. The van der Waals surface area contributed by atoms with E-state index in [1.165, 1.54) is 18.3 Å². The van der Waals surface area contributed by atoms with Gasteiger partial charge in [-0.3, -0.25) is 0 Å². The molecule has 2 rings (SSSR count). The van der Waals surface area contributed by atoms with Crippen LogP contribution >= 0.6 is 0 Å². The molecule has 6 nitrogen and oxygen atoms in total. The Kier molecular flexibility index (Phi) is 3.71. The minimum atomic E-state index is -0.428. The Labute approximate surface area is 97.7 Å². The SMILES string of the molecule is NCCCCn1nnnc1-c1ncccc1F. The number of nitrogens with two attached hydrogens (primary N) is 1. The van der Waals surface area contributed by atoms with E-state index in [2.05, 4.69) is 20.5 Å². The summed E-state index contributed by atoms with van der Waals surface area (Å²) in [5.41, 5.74) is 5.58. The maximum absolute atomic E-state index is 13.5. The molecular weight excluding hydrogens is 223 g/mol. The fourth-order valence-corrected chi connectivity index (χ4v) is 1.48. The van der Waals surface area contributed by atoms with E-state index < -0.39 is 5.82 Å². The van der Waals surface area contributed by atoms with Crippen LogP contribution < -0.4 is 5.73 Å². The molecule has 0 saturated heterocycles. The second kappa shape index (κ2) is 5.44. The summed E-state index contributed by atoms with van der Waals surface area (Å²) in [7, 11) is 0. The highest BCUT2D eigenvalue weighted by atomic mass is 19.1. The summed E-state index contributed by atoms with van der Waals surface area (Å²) >= 11 is 0. The van der Waals surface area contributed by atoms with Crippen LogP contribution in [0, 0.1) is 5.82 Å². The molecule has 0 radical (unpaired) electrons. The molecule has 2 heterocycles. The molecule has 90 valence electrons. The Morgan fingerprint density at radius 2 is 2.24 bits per heavy atom. The van der Waals surface area contributed by atoms with Crippen molar-refractivity contribution in [1.29, 1.82) is 0 Å². The van der Waals surface area contributed by atoms with Crippen molar-refractivity contribution in [2.45, 2.75) is 19.4 Å². The van der Waals surface area contributed by atoms with Crippen LogP contribution in [0.25, 0.3) is 11.5 Å². The minimum Gasteiger partial charge on any atom is -0.330 e. The van der Waals surface area contributed by atoms with Gasteiger partial charge in [0.1, 0.15) is 5.69 Å². The van der Waals surface area contributed by atoms with Gasteiger partial charge in [-0.25, -0.2) is 14.1 Å². The quantitative estimate of drug-likeness (QED) is 0.769. The summed E-state index contributed by atoms with van der Waals surface area (Å²) in [6, 6.07) is 2.86. The van der Waals surface area contributed by atoms with Gasteiger partial charge in [0.2, 0.25) is 5.82 Å². The molecule has 0 amide bonds. The molecule has 2 aromatic heterocycles. The van der Waals surface area contributed by atoms with Crippen LogP contribution in [0.5, 0.6) is 0 Å². The van der Waals surface area contributed by atoms with E-state index in [1.54, 1.807) is 4.68 Å². The van der Waals surface area contributed by atoms with Gasteiger partial charge in [0.05, 0.1) is 0 Å². The van der Waals surface area contributed by atoms with E-state index in [0.717, 1.165) is 12.8 Å². The fourth-order valence-electron chi connectivity index (χ4n) is 1.48. The van der Waals surface area contributed by atoms with Crippen molar-refractivity contribution in [2.75, 3.05) is 6.54 Å². The highest BCUT2D eigenvalue weighted by Crippen LogP contribution is 2.16. The third kappa shape index (κ3) is 2.62. The lowest BCUT2D eigenvalue weighted by Crippen LogP contribution is -2.07. The molecule has 0 aliphatic rings. The first-order valence-corrected chi connectivity index (χ1v) is 5.40. The van der Waals surface area contributed by atoms with Crippen molar-refractivity contribution in [2.24, 2.45) is 5.73 Å². The van der Waals surface area contributed by atoms with Gasteiger partial charge in [-0.2, -0.15) is 0 Å². The highest BCUT2D eigenvalue weighted by molar-refractivity contribution is 5.48. The summed E-state index contributed by atoms with van der Waals surface area (Å²) in [6.07, 6.45) is 3.24. The lowest BCUT2D eigenvalue weighted by molar-refractivity contribution is 0.545. The van der Waals surface area contributed by atoms with Crippen molar-refractivity contribution in [1.82, 2.24) is 25.2 Å². The van der Waals surface area contributed by atoms with Crippen LogP contribution in [-0.2, 0) is 6.54 Å². The topological polar surface area (TPSA) is 82.5 Å². The Hall–Kier alpha value is -1.89. The maximum Gasteiger partial charge on any atom is 0.203 e. The largest absolute Gasteiger partial charge is 0.330 e. The number of pyridine rings is 1. The number of hydrogen-bond acceptors (Lipinski definition) is 5. The Morgan fingerprint density at radius 1 is 1.35 bits per heavy atom. The molecule has 2 aromatic rings. The predicted octanol–water partition coefficient (Wildman–Crippen LogP) is 0.613. The number of tetrazole rings is 1. The van der Waals surface area contributed by atoms with Crippen molar-refractivity contribution in [3.05, 3.63) is 24.1 Å². The Bertz CT molecular complexity index is 483. The Morgan fingerprint density at radius 3 is 3.00 bits per heavy atom. The molecular formula is C10H13FN6. The smallest absolute Gasteiger partial charge is 0.203 e. The second-order valence-corrected chi connectivity index (χ2v) is 3.56. The summed E-state index contributed by atoms with van der Waals surface area (Å²) in [4.78, 5) is 3.95. The van der Waals surface area contributed by atoms with E-state index in [4.69, 9.17) is 5.73 Å². The first-order chi connectivity index (χ1) is 8.33. The number of rotatable bonds is 5. The standard InChI is InChI=1S/C10H13FN6/c11-8-4-3-6-13-9(8)10-14-15-16-17(10)7-2-1-5-12/h3-4,6H,1-2,5,7,12H2. The summed E-state index contributed by atoms with van der Waals surface area (Å²) in [6.45, 7) is 1.23. The van der Waals surface area contributed by atoms with Crippen LogP contribution in [-0.4, -0.2) is 31.7 Å². The van der Waals surface area contributed by atoms with Gasteiger partial charge in [-0.05, 0) is 41.9 Å². The minimum absolute atomic E-state index is 0.172. The molecule has 0 spiro atoms. The van der Waals surface area contributed by atoms with Crippen LogP contribution in [0.1, 0.15) is 12.8 Å². The lowest BCUT2D eigenvalue weighted by Gasteiger charge is -2.03. The predicted molar refractivity (Wildman–Crippen MR) is 59.3 cm³/mol. The molecule has 0 aliphatic heterocycles. The van der Waals surface area contributed by atoms with Gasteiger partial charge in [0.25, 0.3) is 0 Å². The molecule has 0 aliphatic carbocycles. The third-order valence-electron chi connectivity index (χ3n) is 2.33. The molecule has 0 atom stereocenters. The fraction of sp³-hybridized carbons (Fsp3) is 0.400. The normalized spacial score (nSPS) is 10.7. The number of aromatic nitrogens is 5. The lowest BCUT2D eigenvalue weighted by atomic mass is 10.3. The molecule has 0 fully saturated rings. The molecule has 2 N–H and O–H groups in total. The van der Waals surface area contributed by atoms with Crippen LogP contribution in [0.15, 0.2) is 18.3 Å². The van der Waals surface area contributed by atoms with Gasteiger partial charge >= 0.3 is 0 Å². The van der Waals surface area contributed by atoms with Gasteiger partial charge in [0.15, 0.2) is 5.82 Å². The van der Waals surface area contributed by atoms with Gasteiger partial charge in [-0.15, -0.1) is 5.10 Å². The number of aryl methyl sites for hydroxylation is 1. The van der Waals surface area contributed by atoms with Crippen LogP contribution in [0.2, 0.25) is 0 Å². The molecule has 0 saturated carbocycles. The number of halogens is 1. The zero-order valence-corrected chi connectivity index (χ0v) is 9.25. The molecule has 7 heteroatoms. The first-order valence-electron chi connectivity index (χ1n) is 5.40. The van der Waals surface area contributed by atoms with Crippen molar-refractivity contribution < 1.29 is 4.39 Å². The second-order valence-electron chi connectivity index (χ2n) is 3.56. The van der Waals surface area contributed by atoms with Crippen LogP contribution in [0.3, 0.4) is 0 Å². The van der Waals surface area contributed by atoms with Crippen molar-refractivity contribution >= 4 is 0 Å². The average molecular weight is 236 g/mol. The molecule has 0 unspecified atom stereocenters. The van der Waals surface area contributed by atoms with Gasteiger partial charge < -0.3 is 5.73 Å². The summed E-state index contributed by atoms with van der Waals surface area (Å²) < 4.78 is 15.1. The van der Waals surface area contributed by atoms with Crippen LogP contribution in [0.4, 0.5) is 4.39 Å². The summed E-state index contributed by atoms with van der Waals surface area (Å²) in [5, 5.41) is 11.2. The van der Waals surface area contributed by atoms with E-state index in [1.807, 2.05) is 0 Å². The van der Waals surface area contributed by atoms with E-state index in [9.17, 15) is 4.39 Å². The van der Waals surface area contributed by atoms with E-state index in [-0.39, 0.29) is 5.69 Å². The molecule has 17 heavy (non-hydrogen) atoms. The third-order valence-corrected chi connectivity index (χ3v) is 2.33. The molecule has 0 bridgehead atoms. The average Bonchev–Trinajstić information content (AvgIpc) is 2.78. The Balaban J connectivity index is 2.22. The number of hydrogen-bond donors (Lipinski definition) is 1.